The molecule has 1 amide bonds. The molecule has 3 heterocycles. The standard InChI is InChI=1S/C17H24N4O2/c1-12(2)17(22)20-8-6-13(11-20)15-19-14-5-4-7-18-16(14)21(15)9-10-23-3/h4-5,7,12-13H,6,8-11H2,1-3H3/t13-/m0/s1. The van der Waals surface area contributed by atoms with Gasteiger partial charge in [-0.15, -0.1) is 0 Å². The molecule has 0 aromatic carbocycles. The van der Waals surface area contributed by atoms with Gasteiger partial charge in [0.25, 0.3) is 0 Å². The lowest BCUT2D eigenvalue weighted by atomic mass is 10.1. The van der Waals surface area contributed by atoms with Gasteiger partial charge < -0.3 is 14.2 Å². The zero-order chi connectivity index (χ0) is 16.4. The summed E-state index contributed by atoms with van der Waals surface area (Å²) in [5.41, 5.74) is 1.81. The molecule has 1 aliphatic rings. The fourth-order valence-corrected chi connectivity index (χ4v) is 3.23. The minimum Gasteiger partial charge on any atom is -0.383 e. The maximum atomic E-state index is 12.2. The summed E-state index contributed by atoms with van der Waals surface area (Å²) in [5.74, 6) is 1.56. The Kier molecular flexibility index (Phi) is 4.61. The van der Waals surface area contributed by atoms with Crippen molar-refractivity contribution in [1.29, 1.82) is 0 Å². The average Bonchev–Trinajstić information content (AvgIpc) is 3.16. The second kappa shape index (κ2) is 6.66. The van der Waals surface area contributed by atoms with Crippen LogP contribution in [0.5, 0.6) is 0 Å². The van der Waals surface area contributed by atoms with Crippen LogP contribution in [0.25, 0.3) is 11.2 Å². The Balaban J connectivity index is 1.89. The van der Waals surface area contributed by atoms with E-state index in [9.17, 15) is 4.79 Å². The number of ether oxygens (including phenoxy) is 1. The molecule has 6 nitrogen and oxygen atoms in total. The number of pyridine rings is 1. The lowest BCUT2D eigenvalue weighted by Gasteiger charge is -2.19. The maximum absolute atomic E-state index is 12.2. The molecule has 1 fully saturated rings. The second-order valence-electron chi connectivity index (χ2n) is 6.39. The number of imidazole rings is 1. The van der Waals surface area contributed by atoms with E-state index in [0.717, 1.165) is 43.0 Å². The van der Waals surface area contributed by atoms with Gasteiger partial charge in [0.15, 0.2) is 5.65 Å². The van der Waals surface area contributed by atoms with Crippen molar-refractivity contribution in [2.45, 2.75) is 32.7 Å². The van der Waals surface area contributed by atoms with Gasteiger partial charge in [-0.3, -0.25) is 4.79 Å². The number of carbonyl (C=O) groups excluding carboxylic acids is 1. The molecule has 0 bridgehead atoms. The van der Waals surface area contributed by atoms with Gasteiger partial charge in [-0.05, 0) is 18.6 Å². The van der Waals surface area contributed by atoms with Crippen molar-refractivity contribution in [3.8, 4) is 0 Å². The third kappa shape index (κ3) is 3.08. The van der Waals surface area contributed by atoms with Crippen molar-refractivity contribution in [3.05, 3.63) is 24.2 Å². The van der Waals surface area contributed by atoms with Gasteiger partial charge in [0, 0.05) is 44.8 Å². The van der Waals surface area contributed by atoms with Crippen LogP contribution in [-0.2, 0) is 16.1 Å². The van der Waals surface area contributed by atoms with Crippen molar-refractivity contribution in [2.24, 2.45) is 5.92 Å². The monoisotopic (exact) mass is 316 g/mol. The predicted octanol–water partition coefficient (Wildman–Crippen LogP) is 2.05. The highest BCUT2D eigenvalue weighted by molar-refractivity contribution is 5.78. The number of methoxy groups -OCH3 is 1. The van der Waals surface area contributed by atoms with E-state index in [1.165, 1.54) is 0 Å². The van der Waals surface area contributed by atoms with Crippen molar-refractivity contribution in [3.63, 3.8) is 0 Å². The molecule has 0 saturated carbocycles. The summed E-state index contributed by atoms with van der Waals surface area (Å²) >= 11 is 0. The highest BCUT2D eigenvalue weighted by Crippen LogP contribution is 2.29. The number of rotatable bonds is 5. The normalized spacial score (nSPS) is 18.3. The summed E-state index contributed by atoms with van der Waals surface area (Å²) in [6.45, 7) is 6.81. The number of carbonyl (C=O) groups is 1. The van der Waals surface area contributed by atoms with E-state index >= 15 is 0 Å². The second-order valence-corrected chi connectivity index (χ2v) is 6.39. The largest absolute Gasteiger partial charge is 0.383 e. The van der Waals surface area contributed by atoms with E-state index in [0.29, 0.717) is 6.61 Å². The topological polar surface area (TPSA) is 60.2 Å². The van der Waals surface area contributed by atoms with Crippen LogP contribution in [0.3, 0.4) is 0 Å². The van der Waals surface area contributed by atoms with E-state index in [2.05, 4.69) is 9.55 Å². The number of likely N-dealkylation sites (tertiary alicyclic amines) is 1. The first-order chi connectivity index (χ1) is 11.1. The molecule has 2 aromatic heterocycles. The molecule has 1 aliphatic heterocycles. The fourth-order valence-electron chi connectivity index (χ4n) is 3.23. The van der Waals surface area contributed by atoms with Crippen LogP contribution in [0.15, 0.2) is 18.3 Å². The van der Waals surface area contributed by atoms with Gasteiger partial charge in [-0.1, -0.05) is 13.8 Å². The molecule has 0 spiro atoms. The Morgan fingerprint density at radius 2 is 2.30 bits per heavy atom. The first-order valence-corrected chi connectivity index (χ1v) is 8.20. The lowest BCUT2D eigenvalue weighted by molar-refractivity contribution is -0.133. The van der Waals surface area contributed by atoms with Crippen LogP contribution in [-0.4, -0.2) is 52.1 Å². The van der Waals surface area contributed by atoms with Crippen molar-refractivity contribution < 1.29 is 9.53 Å². The minimum atomic E-state index is 0.0442. The Morgan fingerprint density at radius 1 is 1.48 bits per heavy atom. The first-order valence-electron chi connectivity index (χ1n) is 8.20. The van der Waals surface area contributed by atoms with Crippen LogP contribution in [0.4, 0.5) is 0 Å². The molecular weight excluding hydrogens is 292 g/mol. The lowest BCUT2D eigenvalue weighted by Crippen LogP contribution is -2.32. The van der Waals surface area contributed by atoms with Crippen LogP contribution in [0, 0.1) is 5.92 Å². The van der Waals surface area contributed by atoms with Gasteiger partial charge in [0.2, 0.25) is 5.91 Å². The number of aromatic nitrogens is 3. The maximum Gasteiger partial charge on any atom is 0.225 e. The van der Waals surface area contributed by atoms with Crippen LogP contribution in [0.1, 0.15) is 32.0 Å². The van der Waals surface area contributed by atoms with Crippen molar-refractivity contribution in [1.82, 2.24) is 19.4 Å². The molecule has 2 aromatic rings. The summed E-state index contributed by atoms with van der Waals surface area (Å²) < 4.78 is 7.38. The Morgan fingerprint density at radius 3 is 3.04 bits per heavy atom. The third-order valence-electron chi connectivity index (χ3n) is 4.41. The molecular formula is C17H24N4O2. The summed E-state index contributed by atoms with van der Waals surface area (Å²) in [6, 6.07) is 3.89. The van der Waals surface area contributed by atoms with Crippen LogP contribution >= 0.6 is 0 Å². The highest BCUT2D eigenvalue weighted by atomic mass is 16.5. The quantitative estimate of drug-likeness (QED) is 0.847. The molecule has 1 atom stereocenters. The molecule has 1 saturated heterocycles. The predicted molar refractivity (Wildman–Crippen MR) is 88.2 cm³/mol. The Labute approximate surface area is 136 Å². The minimum absolute atomic E-state index is 0.0442. The Bertz CT molecular complexity index is 695. The summed E-state index contributed by atoms with van der Waals surface area (Å²) in [6.07, 6.45) is 2.75. The van der Waals surface area contributed by atoms with Crippen LogP contribution < -0.4 is 0 Å². The molecule has 0 radical (unpaired) electrons. The zero-order valence-corrected chi connectivity index (χ0v) is 14.0. The smallest absolute Gasteiger partial charge is 0.225 e. The van der Waals surface area contributed by atoms with Gasteiger partial charge in [-0.2, -0.15) is 0 Å². The molecule has 124 valence electrons. The molecule has 0 aliphatic carbocycles. The van der Waals surface area contributed by atoms with Gasteiger partial charge in [0.05, 0.1) is 6.61 Å². The van der Waals surface area contributed by atoms with Gasteiger partial charge >= 0.3 is 0 Å². The van der Waals surface area contributed by atoms with E-state index in [1.807, 2.05) is 30.9 Å². The molecule has 6 heteroatoms. The zero-order valence-electron chi connectivity index (χ0n) is 14.0. The summed E-state index contributed by atoms with van der Waals surface area (Å²) in [4.78, 5) is 23.4. The van der Waals surface area contributed by atoms with E-state index in [1.54, 1.807) is 13.3 Å². The van der Waals surface area contributed by atoms with Crippen LogP contribution in [0.2, 0.25) is 0 Å². The summed E-state index contributed by atoms with van der Waals surface area (Å²) in [7, 11) is 1.70. The molecule has 23 heavy (non-hydrogen) atoms. The van der Waals surface area contributed by atoms with Gasteiger partial charge in [0.1, 0.15) is 11.3 Å². The Hall–Kier alpha value is -1.95. The van der Waals surface area contributed by atoms with E-state index < -0.39 is 0 Å². The molecule has 3 rings (SSSR count). The SMILES string of the molecule is COCCn1c([C@H]2CCN(C(=O)C(C)C)C2)nc2cccnc21. The van der Waals surface area contributed by atoms with Crippen molar-refractivity contribution in [2.75, 3.05) is 26.8 Å². The highest BCUT2D eigenvalue weighted by Gasteiger charge is 2.31. The number of fused-ring (bicyclic) bond motifs is 1. The number of hydrogen-bond donors (Lipinski definition) is 0. The molecule has 0 unspecified atom stereocenters. The fraction of sp³-hybridized carbons (Fsp3) is 0.588. The third-order valence-corrected chi connectivity index (χ3v) is 4.41. The van der Waals surface area contributed by atoms with E-state index in [-0.39, 0.29) is 17.7 Å². The van der Waals surface area contributed by atoms with Gasteiger partial charge in [-0.25, -0.2) is 9.97 Å². The summed E-state index contributed by atoms with van der Waals surface area (Å²) in [5, 5.41) is 0. The average molecular weight is 316 g/mol. The van der Waals surface area contributed by atoms with E-state index in [4.69, 9.17) is 9.72 Å². The molecule has 0 N–H and O–H groups in total. The number of amides is 1. The number of nitrogens with zero attached hydrogens (tertiary/aromatic N) is 4. The number of hydrogen-bond acceptors (Lipinski definition) is 4. The van der Waals surface area contributed by atoms with Crippen molar-refractivity contribution >= 4 is 17.1 Å². The first kappa shape index (κ1) is 15.9.